The van der Waals surface area contributed by atoms with Gasteiger partial charge in [-0.1, -0.05) is 0 Å². The van der Waals surface area contributed by atoms with E-state index in [1.54, 1.807) is 31.5 Å². The Labute approximate surface area is 212 Å². The monoisotopic (exact) mass is 532 g/mol. The number of fused-ring (bicyclic) bond motifs is 1. The Morgan fingerprint density at radius 3 is 2.62 bits per heavy atom. The van der Waals surface area contributed by atoms with Crippen LogP contribution in [-0.2, 0) is 16.6 Å². The first-order valence-electron chi connectivity index (χ1n) is 11.6. The number of aliphatic carboxylic acids is 1. The Kier molecular flexibility index (Phi) is 6.36. The van der Waals surface area contributed by atoms with E-state index in [4.69, 9.17) is 0 Å². The van der Waals surface area contributed by atoms with Gasteiger partial charge in [0, 0.05) is 29.0 Å². The fraction of sp³-hybridized carbons (Fsp3) is 0.375. The van der Waals surface area contributed by atoms with Gasteiger partial charge in [0.15, 0.2) is 0 Å². The van der Waals surface area contributed by atoms with Gasteiger partial charge in [0.25, 0.3) is 0 Å². The van der Waals surface area contributed by atoms with Crippen molar-refractivity contribution in [3.63, 3.8) is 0 Å². The number of halogens is 3. The number of carbonyl (C=O) groups is 1. The number of hydrogen-bond acceptors (Lipinski definition) is 8. The zero-order chi connectivity index (χ0) is 26.4. The van der Waals surface area contributed by atoms with Gasteiger partial charge in [-0.15, -0.1) is 11.3 Å². The Balaban J connectivity index is 1.43. The summed E-state index contributed by atoms with van der Waals surface area (Å²) in [4.78, 5) is 24.0. The predicted molar refractivity (Wildman–Crippen MR) is 130 cm³/mol. The van der Waals surface area contributed by atoms with Gasteiger partial charge in [0.05, 0.1) is 22.5 Å². The summed E-state index contributed by atoms with van der Waals surface area (Å²) in [6.07, 6.45) is 1.86. The number of carboxylic acid groups (broad SMARTS) is 1. The lowest BCUT2D eigenvalue weighted by atomic mass is 9.74. The molecule has 0 amide bonds. The van der Waals surface area contributed by atoms with Gasteiger partial charge < -0.3 is 15.5 Å². The fourth-order valence-corrected chi connectivity index (χ4v) is 5.80. The summed E-state index contributed by atoms with van der Waals surface area (Å²) in [5.74, 6) is -1.51. The number of H-pyrrole nitrogens is 1. The molecule has 0 aliphatic heterocycles. The number of aromatic nitrogens is 5. The summed E-state index contributed by atoms with van der Waals surface area (Å²) >= 11 is 1.30. The van der Waals surface area contributed by atoms with Crippen LogP contribution in [-0.4, -0.2) is 41.3 Å². The maximum atomic E-state index is 13.1. The Morgan fingerprint density at radius 2 is 1.92 bits per heavy atom. The lowest BCUT2D eigenvalue weighted by Crippen LogP contribution is -2.35. The maximum Gasteiger partial charge on any atom is 0.433 e. The highest BCUT2D eigenvalue weighted by atomic mass is 32.1. The van der Waals surface area contributed by atoms with Crippen molar-refractivity contribution in [2.24, 2.45) is 11.8 Å². The van der Waals surface area contributed by atoms with Gasteiger partial charge in [0.1, 0.15) is 16.3 Å². The second-order valence-corrected chi connectivity index (χ2v) is 10.3. The number of alkyl halides is 3. The quantitative estimate of drug-likeness (QED) is 0.261. The summed E-state index contributed by atoms with van der Waals surface area (Å²) in [6.45, 7) is 1.70. The minimum atomic E-state index is -4.60. The van der Waals surface area contributed by atoms with E-state index in [0.717, 1.165) is 17.1 Å². The van der Waals surface area contributed by atoms with Crippen LogP contribution in [0, 0.1) is 11.8 Å². The Hall–Kier alpha value is -3.58. The minimum Gasteiger partial charge on any atom is -0.481 e. The predicted octanol–water partition coefficient (Wildman–Crippen LogP) is 5.34. The van der Waals surface area contributed by atoms with Crippen LogP contribution < -0.4 is 5.32 Å². The number of aliphatic hydroxyl groups is 1. The van der Waals surface area contributed by atoms with Crippen LogP contribution in [0.3, 0.4) is 0 Å². The second kappa shape index (κ2) is 9.38. The highest BCUT2D eigenvalue weighted by Crippen LogP contribution is 2.44. The van der Waals surface area contributed by atoms with E-state index in [1.807, 2.05) is 0 Å². The van der Waals surface area contributed by atoms with Gasteiger partial charge in [-0.05, 0) is 56.7 Å². The van der Waals surface area contributed by atoms with Gasteiger partial charge in [-0.2, -0.15) is 18.3 Å². The average molecular weight is 533 g/mol. The number of carboxylic acids is 1. The first kappa shape index (κ1) is 25.1. The molecule has 3 aromatic heterocycles. The molecule has 1 aliphatic carbocycles. The summed E-state index contributed by atoms with van der Waals surface area (Å²) < 4.78 is 39.2. The van der Waals surface area contributed by atoms with Crippen LogP contribution in [0.15, 0.2) is 36.8 Å². The number of benzene rings is 1. The van der Waals surface area contributed by atoms with Gasteiger partial charge in [0.2, 0.25) is 5.95 Å². The molecule has 1 aliphatic rings. The zero-order valence-corrected chi connectivity index (χ0v) is 20.4. The lowest BCUT2D eigenvalue weighted by molar-refractivity contribution is -0.144. The number of nitrogens with zero attached hydrogens (tertiary/aromatic N) is 4. The molecule has 1 saturated carbocycles. The third kappa shape index (κ3) is 5.01. The van der Waals surface area contributed by atoms with Crippen LogP contribution in [0.5, 0.6) is 0 Å². The average Bonchev–Trinajstić information content (AvgIpc) is 3.54. The molecule has 0 radical (unpaired) electrons. The number of anilines is 2. The molecule has 13 heteroatoms. The number of nitrogens with one attached hydrogen (secondary N) is 2. The van der Waals surface area contributed by atoms with Crippen molar-refractivity contribution in [2.45, 2.75) is 44.4 Å². The third-order valence-electron chi connectivity index (χ3n) is 6.83. The van der Waals surface area contributed by atoms with Crippen molar-refractivity contribution >= 4 is 39.8 Å². The normalized spacial score (nSPS) is 20.0. The smallest absolute Gasteiger partial charge is 0.433 e. The summed E-state index contributed by atoms with van der Waals surface area (Å²) in [6, 6.07) is 4.24. The molecular weight excluding hydrogens is 509 g/mol. The van der Waals surface area contributed by atoms with Crippen LogP contribution in [0.4, 0.5) is 24.8 Å². The first-order valence-corrected chi connectivity index (χ1v) is 12.4. The van der Waals surface area contributed by atoms with E-state index in [0.29, 0.717) is 52.8 Å². The molecule has 9 nitrogen and oxygen atoms in total. The molecule has 0 bridgehead atoms. The van der Waals surface area contributed by atoms with Crippen molar-refractivity contribution in [1.29, 1.82) is 0 Å². The highest BCUT2D eigenvalue weighted by Gasteiger charge is 2.40. The van der Waals surface area contributed by atoms with E-state index < -0.39 is 23.4 Å². The van der Waals surface area contributed by atoms with Crippen LogP contribution in [0.1, 0.15) is 43.3 Å². The van der Waals surface area contributed by atoms with Crippen molar-refractivity contribution in [2.75, 3.05) is 5.32 Å². The topological polar surface area (TPSA) is 137 Å². The number of thiazole rings is 1. The van der Waals surface area contributed by atoms with Crippen LogP contribution >= 0.6 is 11.3 Å². The molecular formula is C24H23F3N6O3S. The van der Waals surface area contributed by atoms with Crippen LogP contribution in [0.2, 0.25) is 0 Å². The molecule has 1 atom stereocenters. The highest BCUT2D eigenvalue weighted by molar-refractivity contribution is 7.15. The number of aromatic amines is 1. The number of rotatable bonds is 6. The van der Waals surface area contributed by atoms with E-state index >= 15 is 0 Å². The summed E-state index contributed by atoms with van der Waals surface area (Å²) in [5, 5.41) is 31.7. The molecule has 0 spiro atoms. The van der Waals surface area contributed by atoms with Crippen molar-refractivity contribution in [1.82, 2.24) is 25.1 Å². The third-order valence-corrected chi connectivity index (χ3v) is 8.08. The van der Waals surface area contributed by atoms with Crippen molar-refractivity contribution in [3.8, 4) is 10.4 Å². The zero-order valence-electron chi connectivity index (χ0n) is 19.6. The second-order valence-electron chi connectivity index (χ2n) is 9.31. The van der Waals surface area contributed by atoms with E-state index in [9.17, 15) is 28.2 Å². The van der Waals surface area contributed by atoms with E-state index in [1.165, 1.54) is 11.3 Å². The molecule has 1 aromatic carbocycles. The van der Waals surface area contributed by atoms with E-state index in [-0.39, 0.29) is 17.8 Å². The SMILES string of the molecule is CC(O)(c1ncc(-c2cc(Nc3nccc(C(F)(F)F)n3)cc3cn[nH]c23)s1)C1CCC(C(=O)O)CC1. The van der Waals surface area contributed by atoms with Crippen LogP contribution in [0.25, 0.3) is 21.3 Å². The fourth-order valence-electron chi connectivity index (χ4n) is 4.74. The Morgan fingerprint density at radius 1 is 1.16 bits per heavy atom. The maximum absolute atomic E-state index is 13.1. The summed E-state index contributed by atoms with van der Waals surface area (Å²) in [5.41, 5.74) is -0.439. The molecule has 194 valence electrons. The Bertz CT molecular complexity index is 1440. The molecule has 4 aromatic rings. The van der Waals surface area contributed by atoms with Crippen molar-refractivity contribution < 1.29 is 28.2 Å². The van der Waals surface area contributed by atoms with E-state index in [2.05, 4.69) is 30.5 Å². The molecule has 4 N–H and O–H groups in total. The van der Waals surface area contributed by atoms with Gasteiger partial charge >= 0.3 is 12.1 Å². The molecule has 0 saturated heterocycles. The summed E-state index contributed by atoms with van der Waals surface area (Å²) in [7, 11) is 0. The molecule has 3 heterocycles. The molecule has 1 fully saturated rings. The standard InChI is InChI=1S/C24H23F3N6O3S/c1-23(36,14-4-2-12(3-5-14)20(34)35)21-29-11-17(37-21)16-9-15(8-13-10-30-33-19(13)16)31-22-28-7-6-18(32-22)24(25,26)27/h6-12,14,36H,2-5H2,1H3,(H,30,33)(H,34,35)(H,28,31,32). The molecule has 5 rings (SSSR count). The minimum absolute atomic E-state index is 0.125. The number of hydrogen-bond donors (Lipinski definition) is 4. The van der Waals surface area contributed by atoms with Crippen molar-refractivity contribution in [3.05, 3.63) is 47.5 Å². The molecule has 1 unspecified atom stereocenters. The molecule has 37 heavy (non-hydrogen) atoms. The largest absolute Gasteiger partial charge is 0.481 e. The van der Waals surface area contributed by atoms with Gasteiger partial charge in [-0.3, -0.25) is 9.89 Å². The van der Waals surface area contributed by atoms with Gasteiger partial charge in [-0.25, -0.2) is 15.0 Å². The first-order chi connectivity index (χ1) is 17.5. The lowest BCUT2D eigenvalue weighted by Gasteiger charge is -2.35.